The average molecular weight is 274 g/mol. The van der Waals surface area contributed by atoms with E-state index in [-0.39, 0.29) is 0 Å². The quantitative estimate of drug-likeness (QED) is 0.715. The van der Waals surface area contributed by atoms with Crippen LogP contribution in [0.2, 0.25) is 0 Å². The molecule has 0 radical (unpaired) electrons. The van der Waals surface area contributed by atoms with Crippen molar-refractivity contribution in [1.82, 2.24) is 5.32 Å². The molecule has 1 heterocycles. The number of anilines is 1. The van der Waals surface area contributed by atoms with Crippen molar-refractivity contribution in [1.29, 1.82) is 0 Å². The third-order valence-electron chi connectivity index (χ3n) is 4.17. The maximum Gasteiger partial charge on any atom is 0.0494 e. The van der Waals surface area contributed by atoms with Crippen LogP contribution in [0, 0.1) is 5.92 Å². The molecule has 1 aliphatic heterocycles. The van der Waals surface area contributed by atoms with Gasteiger partial charge in [-0.25, -0.2) is 0 Å². The molecule has 0 spiro atoms. The zero-order chi connectivity index (χ0) is 13.6. The fourth-order valence-corrected chi connectivity index (χ4v) is 2.79. The summed E-state index contributed by atoms with van der Waals surface area (Å²) in [5.74, 6) is 0.880. The fourth-order valence-electron chi connectivity index (χ4n) is 2.79. The number of hydrogen-bond donors (Lipinski definition) is 2. The summed E-state index contributed by atoms with van der Waals surface area (Å²) in [6.45, 7) is 4.98. The molecule has 1 fully saturated rings. The van der Waals surface area contributed by atoms with Gasteiger partial charge in [-0.05, 0) is 55.7 Å². The van der Waals surface area contributed by atoms with Gasteiger partial charge in [-0.15, -0.1) is 0 Å². The molecule has 3 rings (SSSR count). The molecule has 0 amide bonds. The number of fused-ring (bicyclic) bond motifs is 1. The second-order valence-corrected chi connectivity index (χ2v) is 6.03. The van der Waals surface area contributed by atoms with Gasteiger partial charge < -0.3 is 15.4 Å². The molecule has 0 atom stereocenters. The van der Waals surface area contributed by atoms with E-state index in [1.165, 1.54) is 42.5 Å². The first-order valence-electron chi connectivity index (χ1n) is 8.06. The normalized spacial score (nSPS) is 17.6. The van der Waals surface area contributed by atoms with Crippen molar-refractivity contribution in [3.8, 4) is 0 Å². The van der Waals surface area contributed by atoms with E-state index >= 15 is 0 Å². The Labute approximate surface area is 122 Å². The maximum atomic E-state index is 5.65. The second kappa shape index (κ2) is 7.09. The number of benzene rings is 1. The van der Waals surface area contributed by atoms with Crippen LogP contribution in [0.3, 0.4) is 0 Å². The number of para-hydroxylation sites is 1. The summed E-state index contributed by atoms with van der Waals surface area (Å²) in [6.07, 6.45) is 6.33. The SMILES string of the molecule is c1cc2c(c(CNCCCOCC3CC3)c1)NCCC2. The summed E-state index contributed by atoms with van der Waals surface area (Å²) in [6, 6.07) is 6.66. The smallest absolute Gasteiger partial charge is 0.0494 e. The molecule has 2 N–H and O–H groups in total. The van der Waals surface area contributed by atoms with E-state index in [2.05, 4.69) is 28.8 Å². The molecule has 0 unspecified atom stereocenters. The molecular weight excluding hydrogens is 248 g/mol. The molecule has 20 heavy (non-hydrogen) atoms. The van der Waals surface area contributed by atoms with Crippen LogP contribution in [-0.4, -0.2) is 26.3 Å². The maximum absolute atomic E-state index is 5.65. The molecule has 0 bridgehead atoms. The molecule has 3 heteroatoms. The zero-order valence-electron chi connectivity index (χ0n) is 12.3. The highest BCUT2D eigenvalue weighted by molar-refractivity contribution is 5.59. The predicted molar refractivity (Wildman–Crippen MR) is 83.1 cm³/mol. The Balaban J connectivity index is 1.35. The summed E-state index contributed by atoms with van der Waals surface area (Å²) in [5, 5.41) is 7.08. The topological polar surface area (TPSA) is 33.3 Å². The molecule has 1 aromatic carbocycles. The Morgan fingerprint density at radius 2 is 2.25 bits per heavy atom. The van der Waals surface area contributed by atoms with Crippen LogP contribution >= 0.6 is 0 Å². The monoisotopic (exact) mass is 274 g/mol. The van der Waals surface area contributed by atoms with E-state index in [0.29, 0.717) is 0 Å². The minimum absolute atomic E-state index is 0.880. The molecule has 0 aromatic heterocycles. The number of rotatable bonds is 8. The van der Waals surface area contributed by atoms with Gasteiger partial charge in [0, 0.05) is 32.0 Å². The highest BCUT2D eigenvalue weighted by Crippen LogP contribution is 2.28. The Bertz CT molecular complexity index is 429. The first kappa shape index (κ1) is 13.9. The van der Waals surface area contributed by atoms with Crippen LogP contribution in [-0.2, 0) is 17.7 Å². The number of aryl methyl sites for hydroxylation is 1. The van der Waals surface area contributed by atoms with Gasteiger partial charge in [-0.1, -0.05) is 18.2 Å². The average Bonchev–Trinajstić information content (AvgIpc) is 3.30. The first-order valence-corrected chi connectivity index (χ1v) is 8.06. The molecule has 0 saturated heterocycles. The first-order chi connectivity index (χ1) is 9.93. The van der Waals surface area contributed by atoms with E-state index in [9.17, 15) is 0 Å². The highest BCUT2D eigenvalue weighted by atomic mass is 16.5. The van der Waals surface area contributed by atoms with E-state index < -0.39 is 0 Å². The van der Waals surface area contributed by atoms with Crippen LogP contribution in [0.15, 0.2) is 18.2 Å². The predicted octanol–water partition coefficient (Wildman–Crippen LogP) is 2.95. The number of nitrogens with one attached hydrogen (secondary N) is 2. The largest absolute Gasteiger partial charge is 0.385 e. The van der Waals surface area contributed by atoms with Crippen molar-refractivity contribution in [2.24, 2.45) is 5.92 Å². The minimum atomic E-state index is 0.880. The van der Waals surface area contributed by atoms with Crippen LogP contribution in [0.1, 0.15) is 36.8 Å². The number of hydrogen-bond acceptors (Lipinski definition) is 3. The third-order valence-corrected chi connectivity index (χ3v) is 4.17. The molecule has 1 aromatic rings. The summed E-state index contributed by atoms with van der Waals surface area (Å²) in [4.78, 5) is 0. The lowest BCUT2D eigenvalue weighted by molar-refractivity contribution is 0.122. The number of ether oxygens (including phenoxy) is 1. The Morgan fingerprint density at radius 1 is 1.30 bits per heavy atom. The minimum Gasteiger partial charge on any atom is -0.385 e. The van der Waals surface area contributed by atoms with Crippen molar-refractivity contribution in [2.75, 3.05) is 31.6 Å². The standard InChI is InChI=1S/C17H26N2O/c1-4-15-6-2-10-19-17(15)16(5-1)12-18-9-3-11-20-13-14-7-8-14/h1,4-5,14,18-19H,2-3,6-13H2. The summed E-state index contributed by atoms with van der Waals surface area (Å²) in [5.41, 5.74) is 4.25. The van der Waals surface area contributed by atoms with Gasteiger partial charge in [0.25, 0.3) is 0 Å². The van der Waals surface area contributed by atoms with Gasteiger partial charge in [0.15, 0.2) is 0 Å². The van der Waals surface area contributed by atoms with Crippen molar-refractivity contribution in [3.63, 3.8) is 0 Å². The van der Waals surface area contributed by atoms with Crippen LogP contribution in [0.4, 0.5) is 5.69 Å². The Morgan fingerprint density at radius 3 is 3.15 bits per heavy atom. The highest BCUT2D eigenvalue weighted by Gasteiger charge is 2.20. The van der Waals surface area contributed by atoms with Crippen LogP contribution < -0.4 is 10.6 Å². The van der Waals surface area contributed by atoms with Gasteiger partial charge in [-0.2, -0.15) is 0 Å². The summed E-state index contributed by atoms with van der Waals surface area (Å²) >= 11 is 0. The van der Waals surface area contributed by atoms with Crippen LogP contribution in [0.25, 0.3) is 0 Å². The van der Waals surface area contributed by atoms with Crippen LogP contribution in [0.5, 0.6) is 0 Å². The molecule has 3 nitrogen and oxygen atoms in total. The second-order valence-electron chi connectivity index (χ2n) is 6.03. The van der Waals surface area contributed by atoms with Gasteiger partial charge >= 0.3 is 0 Å². The lowest BCUT2D eigenvalue weighted by Crippen LogP contribution is -2.20. The van der Waals surface area contributed by atoms with Crippen molar-refractivity contribution >= 4 is 5.69 Å². The van der Waals surface area contributed by atoms with E-state index in [0.717, 1.165) is 45.2 Å². The Hall–Kier alpha value is -1.06. The van der Waals surface area contributed by atoms with Gasteiger partial charge in [0.2, 0.25) is 0 Å². The van der Waals surface area contributed by atoms with Gasteiger partial charge in [0.05, 0.1) is 0 Å². The zero-order valence-corrected chi connectivity index (χ0v) is 12.3. The lowest BCUT2D eigenvalue weighted by atomic mass is 9.99. The molecule has 2 aliphatic rings. The van der Waals surface area contributed by atoms with E-state index in [1.807, 2.05) is 0 Å². The van der Waals surface area contributed by atoms with E-state index in [1.54, 1.807) is 0 Å². The van der Waals surface area contributed by atoms with Crippen molar-refractivity contribution < 1.29 is 4.74 Å². The van der Waals surface area contributed by atoms with Gasteiger partial charge in [0.1, 0.15) is 0 Å². The Kier molecular flexibility index (Phi) is 4.93. The lowest BCUT2D eigenvalue weighted by Gasteiger charge is -2.21. The molecular formula is C17H26N2O. The van der Waals surface area contributed by atoms with Crippen molar-refractivity contribution in [2.45, 2.75) is 38.6 Å². The summed E-state index contributed by atoms with van der Waals surface area (Å²) in [7, 11) is 0. The fraction of sp³-hybridized carbons (Fsp3) is 0.647. The molecule has 1 saturated carbocycles. The van der Waals surface area contributed by atoms with Gasteiger partial charge in [-0.3, -0.25) is 0 Å². The van der Waals surface area contributed by atoms with Crippen molar-refractivity contribution in [3.05, 3.63) is 29.3 Å². The molecule has 1 aliphatic carbocycles. The third kappa shape index (κ3) is 3.97. The molecule has 110 valence electrons. The summed E-state index contributed by atoms with van der Waals surface area (Å²) < 4.78 is 5.65. The van der Waals surface area contributed by atoms with E-state index in [4.69, 9.17) is 4.74 Å².